The number of hydrogen-bond donors (Lipinski definition) is 0. The minimum Gasteiger partial charge on any atom is -0.366 e. The molecule has 0 amide bonds. The van der Waals surface area contributed by atoms with Crippen molar-refractivity contribution >= 4 is 16.6 Å². The van der Waals surface area contributed by atoms with Crippen LogP contribution in [0.2, 0.25) is 0 Å². The smallest absolute Gasteiger partial charge is 0.270 e. The van der Waals surface area contributed by atoms with E-state index in [1.165, 1.54) is 5.56 Å². The van der Waals surface area contributed by atoms with Crippen molar-refractivity contribution in [2.24, 2.45) is 7.05 Å². The number of aryl methyl sites for hydroxylation is 1. The van der Waals surface area contributed by atoms with E-state index < -0.39 is 0 Å². The van der Waals surface area contributed by atoms with Crippen LogP contribution in [-0.4, -0.2) is 17.2 Å². The molecule has 4 rings (SSSR count). The molecule has 2 atom stereocenters. The molecule has 26 heavy (non-hydrogen) atoms. The van der Waals surface area contributed by atoms with E-state index in [-0.39, 0.29) is 17.2 Å². The third-order valence-electron chi connectivity index (χ3n) is 5.66. The second-order valence-electron chi connectivity index (χ2n) is 6.96. The Bertz CT molecular complexity index is 1060. The highest BCUT2D eigenvalue weighted by atomic mass is 16.1. The lowest BCUT2D eigenvalue weighted by molar-refractivity contribution is 0.635. The fourth-order valence-electron chi connectivity index (χ4n) is 4.28. The van der Waals surface area contributed by atoms with Gasteiger partial charge in [0.15, 0.2) is 0 Å². The number of benzene rings is 2. The summed E-state index contributed by atoms with van der Waals surface area (Å²) in [6, 6.07) is 20.7. The zero-order valence-corrected chi connectivity index (χ0v) is 15.0. The average Bonchev–Trinajstić information content (AvgIpc) is 3.06. The molecule has 1 aliphatic heterocycles. The van der Waals surface area contributed by atoms with Gasteiger partial charge >= 0.3 is 0 Å². The van der Waals surface area contributed by atoms with Crippen LogP contribution in [0, 0.1) is 11.3 Å². The molecule has 0 aliphatic carbocycles. The number of rotatable bonds is 2. The third kappa shape index (κ3) is 2.40. The van der Waals surface area contributed by atoms with Gasteiger partial charge in [-0.1, -0.05) is 48.5 Å². The van der Waals surface area contributed by atoms with Crippen molar-refractivity contribution in [2.75, 3.05) is 11.4 Å². The van der Waals surface area contributed by atoms with Crippen molar-refractivity contribution < 1.29 is 0 Å². The second kappa shape index (κ2) is 6.34. The maximum absolute atomic E-state index is 12.8. The summed E-state index contributed by atoms with van der Waals surface area (Å²) in [4.78, 5) is 15.0. The first-order valence-electron chi connectivity index (χ1n) is 8.97. The Kier molecular flexibility index (Phi) is 4.00. The minimum absolute atomic E-state index is 0.222. The Hall–Kier alpha value is -3.06. The second-order valence-corrected chi connectivity index (χ2v) is 6.96. The molecule has 0 saturated carbocycles. The molecule has 4 nitrogen and oxygen atoms in total. The van der Waals surface area contributed by atoms with Crippen molar-refractivity contribution in [1.29, 1.82) is 5.26 Å². The van der Waals surface area contributed by atoms with Crippen molar-refractivity contribution in [3.63, 3.8) is 0 Å². The standard InChI is InChI=1S/C22H21N3O/c1-15-17(16-8-4-3-5-9-16)12-13-25(15)21-18-10-6-7-11-20(18)24(2)22(26)19(21)14-23/h3-11,15,17H,12-13H2,1-2H3. The first kappa shape index (κ1) is 16.4. The van der Waals surface area contributed by atoms with Gasteiger partial charge in [-0.05, 0) is 25.0 Å². The largest absolute Gasteiger partial charge is 0.366 e. The molecule has 4 heteroatoms. The fraction of sp³-hybridized carbons (Fsp3) is 0.273. The van der Waals surface area contributed by atoms with Crippen molar-refractivity contribution in [3.05, 3.63) is 76.1 Å². The molecule has 0 N–H and O–H groups in total. The third-order valence-corrected chi connectivity index (χ3v) is 5.66. The SMILES string of the molecule is CC1C(c2ccccc2)CCN1c1c(C#N)c(=O)n(C)c2ccccc12. The number of nitrogens with zero attached hydrogens (tertiary/aromatic N) is 3. The molecule has 1 fully saturated rings. The number of nitriles is 1. The van der Waals surface area contributed by atoms with Crippen molar-refractivity contribution in [3.8, 4) is 6.07 Å². The van der Waals surface area contributed by atoms with Gasteiger partial charge in [0, 0.05) is 30.9 Å². The fourth-order valence-corrected chi connectivity index (χ4v) is 4.28. The summed E-state index contributed by atoms with van der Waals surface area (Å²) in [5.41, 5.74) is 2.98. The molecule has 0 radical (unpaired) electrons. The molecule has 1 aliphatic rings. The summed E-state index contributed by atoms with van der Waals surface area (Å²) in [5, 5.41) is 10.7. The molecule has 2 heterocycles. The normalized spacial score (nSPS) is 19.7. The van der Waals surface area contributed by atoms with Crippen LogP contribution in [0.1, 0.15) is 30.4 Å². The van der Waals surface area contributed by atoms with Crippen LogP contribution in [0.4, 0.5) is 5.69 Å². The van der Waals surface area contributed by atoms with Crippen molar-refractivity contribution in [2.45, 2.75) is 25.3 Å². The number of pyridine rings is 1. The summed E-state index contributed by atoms with van der Waals surface area (Å²) in [7, 11) is 1.73. The van der Waals surface area contributed by atoms with Crippen molar-refractivity contribution in [1.82, 2.24) is 4.57 Å². The average molecular weight is 343 g/mol. The lowest BCUT2D eigenvalue weighted by Gasteiger charge is -2.29. The summed E-state index contributed by atoms with van der Waals surface area (Å²) < 4.78 is 1.58. The van der Waals surface area contributed by atoms with Crippen LogP contribution in [0.3, 0.4) is 0 Å². The van der Waals surface area contributed by atoms with Crippen LogP contribution in [0.25, 0.3) is 10.9 Å². The lowest BCUT2D eigenvalue weighted by atomic mass is 9.92. The van der Waals surface area contributed by atoms with Gasteiger partial charge in [-0.25, -0.2) is 0 Å². The topological polar surface area (TPSA) is 49.0 Å². The number of fused-ring (bicyclic) bond motifs is 1. The van der Waals surface area contributed by atoms with Gasteiger partial charge in [-0.2, -0.15) is 5.26 Å². The van der Waals surface area contributed by atoms with Gasteiger partial charge in [0.05, 0.1) is 11.2 Å². The lowest BCUT2D eigenvalue weighted by Crippen LogP contribution is -2.33. The Morgan fingerprint density at radius 3 is 2.50 bits per heavy atom. The van der Waals surface area contributed by atoms with Crippen LogP contribution < -0.4 is 10.5 Å². The number of para-hydroxylation sites is 1. The maximum atomic E-state index is 12.8. The predicted molar refractivity (Wildman–Crippen MR) is 105 cm³/mol. The van der Waals surface area contributed by atoms with Crippen LogP contribution in [-0.2, 0) is 7.05 Å². The molecule has 2 aromatic carbocycles. The van der Waals surface area contributed by atoms with Gasteiger partial charge < -0.3 is 9.47 Å². The number of anilines is 1. The molecule has 1 saturated heterocycles. The van der Waals surface area contributed by atoms with E-state index in [1.54, 1.807) is 11.6 Å². The summed E-state index contributed by atoms with van der Waals surface area (Å²) >= 11 is 0. The van der Waals surface area contributed by atoms with E-state index in [0.29, 0.717) is 5.92 Å². The first-order chi connectivity index (χ1) is 12.6. The van der Waals surface area contributed by atoms with Crippen LogP contribution in [0.5, 0.6) is 0 Å². The summed E-state index contributed by atoms with van der Waals surface area (Å²) in [6.07, 6.45) is 1.01. The van der Waals surface area contributed by atoms with Gasteiger partial charge in [0.1, 0.15) is 11.6 Å². The van der Waals surface area contributed by atoms with E-state index in [4.69, 9.17) is 0 Å². The van der Waals surface area contributed by atoms with Crippen LogP contribution >= 0.6 is 0 Å². The quantitative estimate of drug-likeness (QED) is 0.711. The summed E-state index contributed by atoms with van der Waals surface area (Å²) in [5.74, 6) is 0.394. The maximum Gasteiger partial charge on any atom is 0.270 e. The first-order valence-corrected chi connectivity index (χ1v) is 8.97. The molecular weight excluding hydrogens is 322 g/mol. The summed E-state index contributed by atoms with van der Waals surface area (Å²) in [6.45, 7) is 3.03. The Balaban J connectivity index is 1.89. The Morgan fingerprint density at radius 1 is 1.08 bits per heavy atom. The molecule has 3 aromatic rings. The highest BCUT2D eigenvalue weighted by Crippen LogP contribution is 2.39. The van der Waals surface area contributed by atoms with E-state index >= 15 is 0 Å². The Morgan fingerprint density at radius 2 is 1.77 bits per heavy atom. The van der Waals surface area contributed by atoms with E-state index in [9.17, 15) is 10.1 Å². The van der Waals surface area contributed by atoms with Gasteiger partial charge in [0.25, 0.3) is 5.56 Å². The highest BCUT2D eigenvalue weighted by molar-refractivity contribution is 5.95. The number of aromatic nitrogens is 1. The molecule has 1 aromatic heterocycles. The van der Waals surface area contributed by atoms with Gasteiger partial charge in [-0.3, -0.25) is 4.79 Å². The zero-order valence-electron chi connectivity index (χ0n) is 15.0. The van der Waals surface area contributed by atoms with Gasteiger partial charge in [-0.15, -0.1) is 0 Å². The Labute approximate surface area is 152 Å². The molecule has 2 unspecified atom stereocenters. The molecule has 0 bridgehead atoms. The van der Waals surface area contributed by atoms with Crippen LogP contribution in [0.15, 0.2) is 59.4 Å². The monoisotopic (exact) mass is 343 g/mol. The molecule has 130 valence electrons. The van der Waals surface area contributed by atoms with E-state index in [2.05, 4.69) is 42.2 Å². The molecule has 0 spiro atoms. The molecular formula is C22H21N3O. The predicted octanol–water partition coefficient (Wildman–Crippen LogP) is 3.79. The minimum atomic E-state index is -0.225. The number of hydrogen-bond acceptors (Lipinski definition) is 3. The highest BCUT2D eigenvalue weighted by Gasteiger charge is 2.34. The van der Waals surface area contributed by atoms with E-state index in [0.717, 1.165) is 29.6 Å². The van der Waals surface area contributed by atoms with Gasteiger partial charge in [0.2, 0.25) is 0 Å². The van der Waals surface area contributed by atoms with E-state index in [1.807, 2.05) is 30.3 Å². The zero-order chi connectivity index (χ0) is 18.3.